The van der Waals surface area contributed by atoms with Gasteiger partial charge in [0.1, 0.15) is 0 Å². The first-order valence-corrected chi connectivity index (χ1v) is 7.05. The van der Waals surface area contributed by atoms with Crippen molar-refractivity contribution >= 4 is 25.3 Å². The fourth-order valence-corrected chi connectivity index (χ4v) is 2.80. The van der Waals surface area contributed by atoms with Crippen molar-refractivity contribution in [3.05, 3.63) is 0 Å². The van der Waals surface area contributed by atoms with E-state index in [4.69, 9.17) is 25.3 Å². The summed E-state index contributed by atoms with van der Waals surface area (Å²) in [4.78, 5) is 0. The van der Waals surface area contributed by atoms with Gasteiger partial charge in [-0.15, -0.1) is 0 Å². The fourth-order valence-electron chi connectivity index (χ4n) is 2.13. The molecule has 0 aliphatic heterocycles. The summed E-state index contributed by atoms with van der Waals surface area (Å²) < 4.78 is 0. The van der Waals surface area contributed by atoms with Crippen molar-refractivity contribution in [2.24, 2.45) is 0 Å². The Morgan fingerprint density at radius 2 is 0.684 bits per heavy atom. The Morgan fingerprint density at radius 1 is 0.474 bits per heavy atom. The van der Waals surface area contributed by atoms with Crippen LogP contribution in [0.15, 0.2) is 0 Å². The van der Waals surface area contributed by atoms with Gasteiger partial charge in [0, 0.05) is 0 Å². The topological polar surface area (TPSA) is 0 Å². The van der Waals surface area contributed by atoms with Gasteiger partial charge in [0.25, 0.3) is 0 Å². The van der Waals surface area contributed by atoms with E-state index in [0.29, 0.717) is 10.5 Å². The van der Waals surface area contributed by atoms with Crippen LogP contribution in [-0.4, -0.2) is 10.5 Å². The van der Waals surface area contributed by atoms with Crippen molar-refractivity contribution in [3.8, 4) is 0 Å². The normalized spacial score (nSPS) is 18.6. The number of hydrogen-bond acceptors (Lipinski definition) is 2. The van der Waals surface area contributed by atoms with Crippen LogP contribution in [0.5, 0.6) is 0 Å². The Kier molecular flexibility index (Phi) is 40.0. The molecule has 0 amide bonds. The van der Waals surface area contributed by atoms with Gasteiger partial charge in [-0.25, -0.2) is 0 Å². The molecule has 0 radical (unpaired) electrons. The summed E-state index contributed by atoms with van der Waals surface area (Å²) in [5.41, 5.74) is 0. The zero-order valence-electron chi connectivity index (χ0n) is 11.1. The standard InChI is InChI=1S/2C6H12S.4ClH.Ti/c2*7-6-4-2-1-3-5-6;;;;;/h2*6-7H,1-5H2;4*1H;/q;;;;;;+4/p-6. The average molecular weight is 420 g/mol. The van der Waals surface area contributed by atoms with E-state index < -0.39 is 0 Å². The average Bonchev–Trinajstić information content (AvgIpc) is 2.21. The molecule has 0 nitrogen and oxygen atoms in total. The zero-order valence-corrected chi connectivity index (χ0v) is 17.3. The number of halogens is 4. The van der Waals surface area contributed by atoms with Gasteiger partial charge in [-0.2, -0.15) is 10.5 Å². The number of hydrogen-bond donors (Lipinski definition) is 0. The fraction of sp³-hybridized carbons (Fsp3) is 1.00. The molecule has 116 valence electrons. The molecule has 0 aromatic rings. The van der Waals surface area contributed by atoms with Crippen molar-refractivity contribution < 1.29 is 71.3 Å². The van der Waals surface area contributed by atoms with Gasteiger partial charge in [0.15, 0.2) is 0 Å². The van der Waals surface area contributed by atoms with Crippen LogP contribution in [0.2, 0.25) is 0 Å². The first-order chi connectivity index (χ1) is 6.79. The maximum absolute atomic E-state index is 5.09. The van der Waals surface area contributed by atoms with Crippen molar-refractivity contribution in [1.29, 1.82) is 0 Å². The largest absolute Gasteiger partial charge is 4.00 e. The zero-order chi connectivity index (χ0) is 10.2. The van der Waals surface area contributed by atoms with Crippen molar-refractivity contribution in [2.75, 3.05) is 0 Å². The smallest absolute Gasteiger partial charge is 1.00 e. The summed E-state index contributed by atoms with van der Waals surface area (Å²) in [6.07, 6.45) is 13.6. The van der Waals surface area contributed by atoms with Crippen LogP contribution in [0, 0.1) is 0 Å². The predicted octanol–water partition coefficient (Wildman–Crippen LogP) is -8.25. The summed E-state index contributed by atoms with van der Waals surface area (Å²) in [6.45, 7) is 0. The molecule has 2 saturated carbocycles. The van der Waals surface area contributed by atoms with Crippen LogP contribution >= 0.6 is 0 Å². The van der Waals surface area contributed by atoms with Gasteiger partial charge in [0.2, 0.25) is 0 Å². The Bertz CT molecular complexity index is 128. The molecule has 0 bridgehead atoms. The first kappa shape index (κ1) is 33.2. The van der Waals surface area contributed by atoms with Crippen LogP contribution < -0.4 is 49.6 Å². The summed E-state index contributed by atoms with van der Waals surface area (Å²) in [5.74, 6) is 0. The van der Waals surface area contributed by atoms with E-state index in [2.05, 4.69) is 0 Å². The molecule has 0 aromatic carbocycles. The van der Waals surface area contributed by atoms with E-state index in [1.165, 1.54) is 64.2 Å². The SMILES string of the molecule is [Cl-].[Cl-].[Cl-].[Cl-].[S-]C1CCCCC1.[S-]C1CCCCC1.[Ti+4]. The van der Waals surface area contributed by atoms with Gasteiger partial charge >= 0.3 is 21.7 Å². The third kappa shape index (κ3) is 20.6. The third-order valence-corrected chi connectivity index (χ3v) is 4.05. The van der Waals surface area contributed by atoms with Gasteiger partial charge in [0.05, 0.1) is 0 Å². The van der Waals surface area contributed by atoms with E-state index in [-0.39, 0.29) is 71.3 Å². The van der Waals surface area contributed by atoms with Crippen LogP contribution in [-0.2, 0) is 47.0 Å². The molecule has 0 unspecified atom stereocenters. The van der Waals surface area contributed by atoms with Crippen molar-refractivity contribution in [1.82, 2.24) is 0 Å². The molecule has 19 heavy (non-hydrogen) atoms. The van der Waals surface area contributed by atoms with Crippen molar-refractivity contribution in [3.63, 3.8) is 0 Å². The molecule has 0 saturated heterocycles. The van der Waals surface area contributed by atoms with Crippen LogP contribution in [0.3, 0.4) is 0 Å². The second-order valence-electron chi connectivity index (χ2n) is 4.52. The van der Waals surface area contributed by atoms with Gasteiger partial charge in [-0.05, 0) is 0 Å². The Hall–Kier alpha value is 2.57. The Morgan fingerprint density at radius 3 is 0.789 bits per heavy atom. The molecular formula is C12H22Cl4S2Ti-2. The summed E-state index contributed by atoms with van der Waals surface area (Å²) in [6, 6.07) is 0. The maximum atomic E-state index is 5.09. The first-order valence-electron chi connectivity index (χ1n) is 6.10. The summed E-state index contributed by atoms with van der Waals surface area (Å²) in [5, 5.41) is 1.24. The minimum Gasteiger partial charge on any atom is -1.00 e. The van der Waals surface area contributed by atoms with E-state index >= 15 is 0 Å². The molecule has 2 aliphatic carbocycles. The van der Waals surface area contributed by atoms with E-state index in [1.54, 1.807) is 0 Å². The van der Waals surface area contributed by atoms with Gasteiger partial charge in [-0.3, -0.25) is 0 Å². The van der Waals surface area contributed by atoms with E-state index in [1.807, 2.05) is 0 Å². The van der Waals surface area contributed by atoms with Gasteiger partial charge < -0.3 is 74.9 Å². The molecule has 0 aromatic heterocycles. The molecule has 7 heteroatoms. The second kappa shape index (κ2) is 22.8. The Labute approximate surface area is 170 Å². The summed E-state index contributed by atoms with van der Waals surface area (Å²) >= 11 is 10.2. The number of rotatable bonds is 0. The molecule has 0 spiro atoms. The minimum absolute atomic E-state index is 0. The van der Waals surface area contributed by atoms with Crippen LogP contribution in [0.4, 0.5) is 0 Å². The molecule has 2 aliphatic rings. The second-order valence-corrected chi connectivity index (χ2v) is 5.85. The monoisotopic (exact) mass is 418 g/mol. The summed E-state index contributed by atoms with van der Waals surface area (Å²) in [7, 11) is 0. The van der Waals surface area contributed by atoms with Crippen LogP contribution in [0.25, 0.3) is 0 Å². The molecule has 2 rings (SSSR count). The molecule has 0 N–H and O–H groups in total. The molecule has 0 atom stereocenters. The predicted molar refractivity (Wildman–Crippen MR) is 68.5 cm³/mol. The minimum atomic E-state index is 0. The molecule has 2 fully saturated rings. The quantitative estimate of drug-likeness (QED) is 0.282. The van der Waals surface area contributed by atoms with Gasteiger partial charge in [-0.1, -0.05) is 64.2 Å². The maximum Gasteiger partial charge on any atom is 4.00 e. The van der Waals surface area contributed by atoms with Crippen LogP contribution in [0.1, 0.15) is 64.2 Å². The molecular weight excluding hydrogens is 398 g/mol. The van der Waals surface area contributed by atoms with E-state index in [9.17, 15) is 0 Å². The van der Waals surface area contributed by atoms with Crippen molar-refractivity contribution in [2.45, 2.75) is 74.7 Å². The van der Waals surface area contributed by atoms with E-state index in [0.717, 1.165) is 0 Å². The Balaban J connectivity index is -0.0000000544. The third-order valence-electron chi connectivity index (χ3n) is 3.10. The molecule has 0 heterocycles.